The van der Waals surface area contributed by atoms with Crippen molar-refractivity contribution in [2.24, 2.45) is 0 Å². The molecule has 6 heteroatoms. The van der Waals surface area contributed by atoms with E-state index in [0.29, 0.717) is 17.5 Å². The zero-order valence-corrected chi connectivity index (χ0v) is 37.5. The summed E-state index contributed by atoms with van der Waals surface area (Å²) in [5.41, 5.74) is 15.5. The van der Waals surface area contributed by atoms with Crippen molar-refractivity contribution in [2.75, 3.05) is 0 Å². The molecule has 4 aromatic heterocycles. The molecule has 4 heterocycles. The molecule has 0 unspecified atom stereocenters. The number of nitrogens with zero attached hydrogens (tertiary/aromatic N) is 4. The van der Waals surface area contributed by atoms with Crippen LogP contribution in [-0.4, -0.2) is 19.9 Å². The number of rotatable bonds is 7. The van der Waals surface area contributed by atoms with Gasteiger partial charge in [0.1, 0.15) is 22.3 Å². The topological polar surface area (TPSA) is 77.8 Å². The standard InChI is InChI=1S/C64H38N4O2/c1-3-15-42(16-4-1)60-52-38-56-59(51-23-9-12-28-55(51)69-56)57(58(52)50-22-7-10-26-53(50)65-60)41-33-29-39(30-34-41)45-19-13-20-46(37-45)64-67-62(43-17-5-2-6-18-43)66-63(68-64)44-35-31-40(32-36-44)47-24-14-25-49-48-21-8-11-27-54(48)70-61(47)49/h1-38H. The summed E-state index contributed by atoms with van der Waals surface area (Å²) in [6.07, 6.45) is 0. The minimum atomic E-state index is 0.595. The second-order valence-corrected chi connectivity index (χ2v) is 17.7. The van der Waals surface area contributed by atoms with E-state index in [2.05, 4.69) is 164 Å². The van der Waals surface area contributed by atoms with E-state index in [0.717, 1.165) is 127 Å². The van der Waals surface area contributed by atoms with Gasteiger partial charge in [0.15, 0.2) is 17.5 Å². The molecule has 0 amide bonds. The molecule has 0 spiro atoms. The molecule has 0 bridgehead atoms. The first-order chi connectivity index (χ1) is 34.7. The number of hydrogen-bond acceptors (Lipinski definition) is 6. The summed E-state index contributed by atoms with van der Waals surface area (Å²) in [5, 5.41) is 7.67. The van der Waals surface area contributed by atoms with Crippen molar-refractivity contribution >= 4 is 65.6 Å². The van der Waals surface area contributed by atoms with Crippen molar-refractivity contribution < 1.29 is 8.83 Å². The van der Waals surface area contributed by atoms with Crippen LogP contribution in [0.1, 0.15) is 0 Å². The van der Waals surface area contributed by atoms with Gasteiger partial charge in [-0.3, -0.25) is 0 Å². The van der Waals surface area contributed by atoms with E-state index in [1.165, 1.54) is 0 Å². The Labute approximate surface area is 401 Å². The maximum atomic E-state index is 6.65. The Morgan fingerprint density at radius 1 is 0.271 bits per heavy atom. The number of furan rings is 2. The molecule has 0 fully saturated rings. The Morgan fingerprint density at radius 2 is 0.800 bits per heavy atom. The highest BCUT2D eigenvalue weighted by molar-refractivity contribution is 6.27. The fourth-order valence-corrected chi connectivity index (χ4v) is 10.2. The van der Waals surface area contributed by atoms with Crippen molar-refractivity contribution in [1.82, 2.24) is 19.9 Å². The van der Waals surface area contributed by atoms with Crippen molar-refractivity contribution in [3.63, 3.8) is 0 Å². The van der Waals surface area contributed by atoms with Gasteiger partial charge in [0.05, 0.1) is 11.2 Å². The van der Waals surface area contributed by atoms with E-state index in [4.69, 9.17) is 28.8 Å². The first-order valence-electron chi connectivity index (χ1n) is 23.4. The third kappa shape index (κ3) is 6.57. The highest BCUT2D eigenvalue weighted by Gasteiger charge is 2.22. The molecule has 0 saturated carbocycles. The summed E-state index contributed by atoms with van der Waals surface area (Å²) in [4.78, 5) is 20.6. The molecule has 0 radical (unpaired) electrons. The first kappa shape index (κ1) is 39.6. The van der Waals surface area contributed by atoms with Gasteiger partial charge in [-0.2, -0.15) is 0 Å². The van der Waals surface area contributed by atoms with E-state index < -0.39 is 0 Å². The Hall–Kier alpha value is -9.52. The van der Waals surface area contributed by atoms with Gasteiger partial charge in [-0.25, -0.2) is 19.9 Å². The number of benzene rings is 10. The zero-order chi connectivity index (χ0) is 46.1. The van der Waals surface area contributed by atoms with Gasteiger partial charge in [0.2, 0.25) is 0 Å². The third-order valence-electron chi connectivity index (χ3n) is 13.5. The summed E-state index contributed by atoms with van der Waals surface area (Å²) in [5.74, 6) is 1.80. The molecule has 0 aliphatic carbocycles. The molecule has 326 valence electrons. The lowest BCUT2D eigenvalue weighted by molar-refractivity contribution is 0.669. The van der Waals surface area contributed by atoms with Crippen LogP contribution in [-0.2, 0) is 0 Å². The van der Waals surface area contributed by atoms with Gasteiger partial charge in [0, 0.05) is 71.1 Å². The van der Waals surface area contributed by atoms with Gasteiger partial charge >= 0.3 is 0 Å². The lowest BCUT2D eigenvalue weighted by Crippen LogP contribution is -2.00. The maximum absolute atomic E-state index is 6.65. The highest BCUT2D eigenvalue weighted by atomic mass is 16.3. The van der Waals surface area contributed by atoms with Gasteiger partial charge in [-0.1, -0.05) is 200 Å². The summed E-state index contributed by atoms with van der Waals surface area (Å²) in [6, 6.07) is 79.8. The van der Waals surface area contributed by atoms with Crippen LogP contribution in [0, 0.1) is 0 Å². The maximum Gasteiger partial charge on any atom is 0.164 e. The second-order valence-electron chi connectivity index (χ2n) is 17.7. The first-order valence-corrected chi connectivity index (χ1v) is 23.4. The highest BCUT2D eigenvalue weighted by Crippen LogP contribution is 2.47. The monoisotopic (exact) mass is 894 g/mol. The number of fused-ring (bicyclic) bond motifs is 9. The molecule has 0 aliphatic heterocycles. The van der Waals surface area contributed by atoms with E-state index in [-0.39, 0.29) is 0 Å². The van der Waals surface area contributed by atoms with Crippen LogP contribution in [0.15, 0.2) is 239 Å². The average molecular weight is 895 g/mol. The molecule has 10 aromatic carbocycles. The number of para-hydroxylation sites is 4. The largest absolute Gasteiger partial charge is 0.456 e. The lowest BCUT2D eigenvalue weighted by Gasteiger charge is -2.16. The summed E-state index contributed by atoms with van der Waals surface area (Å²) < 4.78 is 13.0. The molecular formula is C64H38N4O2. The van der Waals surface area contributed by atoms with Crippen LogP contribution in [0.25, 0.3) is 144 Å². The average Bonchev–Trinajstić information content (AvgIpc) is 4.01. The van der Waals surface area contributed by atoms with Crippen molar-refractivity contribution in [1.29, 1.82) is 0 Å². The van der Waals surface area contributed by atoms with E-state index in [1.54, 1.807) is 0 Å². The summed E-state index contributed by atoms with van der Waals surface area (Å²) in [6.45, 7) is 0. The Balaban J connectivity index is 0.873. The minimum absolute atomic E-state index is 0.595. The molecule has 0 saturated heterocycles. The Morgan fingerprint density at radius 3 is 1.56 bits per heavy atom. The van der Waals surface area contributed by atoms with Gasteiger partial charge in [-0.05, 0) is 52.6 Å². The molecule has 0 atom stereocenters. The molecule has 0 aliphatic rings. The third-order valence-corrected chi connectivity index (χ3v) is 13.5. The van der Waals surface area contributed by atoms with Crippen LogP contribution in [0.5, 0.6) is 0 Å². The number of aromatic nitrogens is 4. The normalized spacial score (nSPS) is 11.7. The fourth-order valence-electron chi connectivity index (χ4n) is 10.2. The number of hydrogen-bond donors (Lipinski definition) is 0. The van der Waals surface area contributed by atoms with Crippen molar-refractivity contribution in [3.8, 4) is 78.8 Å². The predicted octanol–water partition coefficient (Wildman–Crippen LogP) is 17.0. The second kappa shape index (κ2) is 16.1. The fraction of sp³-hybridized carbons (Fsp3) is 0. The lowest BCUT2D eigenvalue weighted by atomic mass is 9.89. The summed E-state index contributed by atoms with van der Waals surface area (Å²) >= 11 is 0. The molecule has 14 rings (SSSR count). The van der Waals surface area contributed by atoms with Crippen LogP contribution in [0.3, 0.4) is 0 Å². The van der Waals surface area contributed by atoms with Crippen LogP contribution >= 0.6 is 0 Å². The van der Waals surface area contributed by atoms with Crippen LogP contribution in [0.2, 0.25) is 0 Å². The Kier molecular flexibility index (Phi) is 9.10. The minimum Gasteiger partial charge on any atom is -0.456 e. The molecule has 14 aromatic rings. The van der Waals surface area contributed by atoms with E-state index in [9.17, 15) is 0 Å². The van der Waals surface area contributed by atoms with Gasteiger partial charge in [0.25, 0.3) is 0 Å². The number of pyridine rings is 1. The summed E-state index contributed by atoms with van der Waals surface area (Å²) in [7, 11) is 0. The quantitative estimate of drug-likeness (QED) is 0.148. The SMILES string of the molecule is c1ccc(-c2nc(-c3ccc(-c4cccc5c4oc4ccccc45)cc3)nc(-c3cccc(-c4ccc(-c5c6c(cc7c(-c8ccccc8)nc8ccccc8c57)oc5ccccc56)cc4)c3)n2)cc1. The van der Waals surface area contributed by atoms with Crippen molar-refractivity contribution in [2.45, 2.75) is 0 Å². The Bertz CT molecular complexity index is 4330. The van der Waals surface area contributed by atoms with Gasteiger partial charge < -0.3 is 8.83 Å². The smallest absolute Gasteiger partial charge is 0.164 e. The zero-order valence-electron chi connectivity index (χ0n) is 37.5. The van der Waals surface area contributed by atoms with Crippen LogP contribution < -0.4 is 0 Å². The molecule has 6 nitrogen and oxygen atoms in total. The molecule has 70 heavy (non-hydrogen) atoms. The van der Waals surface area contributed by atoms with E-state index >= 15 is 0 Å². The molecule has 0 N–H and O–H groups in total. The van der Waals surface area contributed by atoms with E-state index in [1.807, 2.05) is 66.7 Å². The predicted molar refractivity (Wildman–Crippen MR) is 285 cm³/mol. The van der Waals surface area contributed by atoms with Crippen molar-refractivity contribution in [3.05, 3.63) is 231 Å². The van der Waals surface area contributed by atoms with Gasteiger partial charge in [-0.15, -0.1) is 0 Å². The van der Waals surface area contributed by atoms with Crippen LogP contribution in [0.4, 0.5) is 0 Å². The molecular weight excluding hydrogens is 857 g/mol.